The van der Waals surface area contributed by atoms with Crippen LogP contribution >= 0.6 is 0 Å². The molecule has 0 bridgehead atoms. The third-order valence-electron chi connectivity index (χ3n) is 0.707. The van der Waals surface area contributed by atoms with Gasteiger partial charge in [-0.05, 0) is 0 Å². The Kier molecular flexibility index (Phi) is 130. The molecule has 0 saturated carbocycles. The Hall–Kier alpha value is 0.580. The minimum atomic E-state index is 0. The molecule has 0 atom stereocenters. The zero-order chi connectivity index (χ0) is 12.4. The van der Waals surface area contributed by atoms with Crippen LogP contribution in [0.25, 0.3) is 22.1 Å². The number of nitrogens with two attached hydrogens (primary N) is 1. The Balaban J connectivity index is -0.0000000206. The van der Waals surface area contributed by atoms with Crippen LogP contribution in [0.3, 0.4) is 0 Å². The maximum absolute atomic E-state index is 3.50. The van der Waals surface area contributed by atoms with Crippen LogP contribution in [0, 0.1) is 5.92 Å². The topological polar surface area (TPSA) is 75.8 Å². The van der Waals surface area contributed by atoms with Crippen LogP contribution in [0.2, 0.25) is 0 Å². The van der Waals surface area contributed by atoms with Crippen LogP contribution < -0.4 is 0 Å². The molecule has 0 rings (SSSR count). The van der Waals surface area contributed by atoms with Gasteiger partial charge in [0.25, 0.3) is 0 Å². The SMILES string of the molecule is CC[C-](C)C.C[N-]C.C[N-]C.C[N-]C.[NH2-].[Ta+5]. The number of rotatable bonds is 1. The molecule has 0 unspecified atom stereocenters. The van der Waals surface area contributed by atoms with E-state index in [0.29, 0.717) is 0 Å². The first kappa shape index (κ1) is 36.0. The molecule has 4 nitrogen and oxygen atoms in total. The van der Waals surface area contributed by atoms with Gasteiger partial charge < -0.3 is 28.0 Å². The average Bonchev–Trinajstić information content (AvgIpc) is 2.08. The van der Waals surface area contributed by atoms with Crippen molar-refractivity contribution >= 4 is 0 Å². The molecule has 0 aromatic heterocycles. The molecule has 0 spiro atoms. The van der Waals surface area contributed by atoms with Crippen molar-refractivity contribution in [3.63, 3.8) is 0 Å². The summed E-state index contributed by atoms with van der Waals surface area (Å²) < 4.78 is 0. The Morgan fingerprint density at radius 3 is 0.812 bits per heavy atom. The molecular weight excluding hydrogens is 369 g/mol. The molecule has 0 radical (unpaired) electrons. The van der Waals surface area contributed by atoms with E-state index in [1.54, 1.807) is 42.3 Å². The van der Waals surface area contributed by atoms with E-state index >= 15 is 0 Å². The maximum Gasteiger partial charge on any atom is 5.00 e. The quantitative estimate of drug-likeness (QED) is 0.578. The second kappa shape index (κ2) is 57.6. The Labute approximate surface area is 120 Å². The normalized spacial score (nSPS) is 6.38. The van der Waals surface area contributed by atoms with Crippen LogP contribution in [-0.4, -0.2) is 42.3 Å². The molecule has 0 fully saturated rings. The van der Waals surface area contributed by atoms with E-state index in [4.69, 9.17) is 0 Å². The van der Waals surface area contributed by atoms with Gasteiger partial charge in [0.15, 0.2) is 0 Å². The summed E-state index contributed by atoms with van der Waals surface area (Å²) in [4.78, 5) is 0. The van der Waals surface area contributed by atoms with E-state index in [2.05, 4.69) is 36.7 Å². The summed E-state index contributed by atoms with van der Waals surface area (Å²) in [6.45, 7) is 6.44. The van der Waals surface area contributed by atoms with Gasteiger partial charge in [-0.1, -0.05) is 6.92 Å². The summed E-state index contributed by atoms with van der Waals surface area (Å²) in [7, 11) is 10.5. The molecule has 100 valence electrons. The standard InChI is InChI=1S/C5H11.3C2H6N.H2N.Ta/c1-4-5(2)3;3*1-3-2;;/h4H2,1-3H3;3*1-2H3;1H2;/q5*-1;+5. The molecule has 0 aliphatic heterocycles. The van der Waals surface area contributed by atoms with Crippen LogP contribution in [-0.2, 0) is 22.4 Å². The van der Waals surface area contributed by atoms with Gasteiger partial charge in [0.2, 0.25) is 0 Å². The fraction of sp³-hybridized carbons (Fsp3) is 0.909. The smallest absolute Gasteiger partial charge is 0.693 e. The van der Waals surface area contributed by atoms with Crippen molar-refractivity contribution in [2.45, 2.75) is 27.2 Å². The Bertz CT molecular complexity index is 50.5. The van der Waals surface area contributed by atoms with Gasteiger partial charge >= 0.3 is 22.4 Å². The van der Waals surface area contributed by atoms with E-state index in [1.807, 2.05) is 0 Å². The monoisotopic (exact) mass is 400 g/mol. The van der Waals surface area contributed by atoms with Gasteiger partial charge in [0, 0.05) is 0 Å². The molecule has 0 aromatic rings. The number of nitrogens with zero attached hydrogens (tertiary/aromatic N) is 3. The molecular formula is C11H31N4Ta. The second-order valence-electron chi connectivity index (χ2n) is 2.90. The summed E-state index contributed by atoms with van der Waals surface area (Å²) in [5.74, 6) is 1.50. The van der Waals surface area contributed by atoms with Crippen LogP contribution in [0.5, 0.6) is 0 Å². The van der Waals surface area contributed by atoms with E-state index in [1.165, 1.54) is 12.3 Å². The Morgan fingerprint density at radius 1 is 0.750 bits per heavy atom. The molecule has 2 N–H and O–H groups in total. The van der Waals surface area contributed by atoms with Crippen molar-refractivity contribution in [1.29, 1.82) is 0 Å². The predicted octanol–water partition coefficient (Wildman–Crippen LogP) is 4.58. The van der Waals surface area contributed by atoms with Crippen LogP contribution in [0.15, 0.2) is 0 Å². The summed E-state index contributed by atoms with van der Waals surface area (Å²) in [6.07, 6.45) is 1.22. The summed E-state index contributed by atoms with van der Waals surface area (Å²) in [5.41, 5.74) is 0. The van der Waals surface area contributed by atoms with Gasteiger partial charge in [0.05, 0.1) is 0 Å². The fourth-order valence-electron chi connectivity index (χ4n) is 0. The molecule has 0 amide bonds. The first-order valence-corrected chi connectivity index (χ1v) is 4.74. The minimum absolute atomic E-state index is 0. The fourth-order valence-corrected chi connectivity index (χ4v) is 0. The molecule has 0 aliphatic carbocycles. The summed E-state index contributed by atoms with van der Waals surface area (Å²) in [6, 6.07) is 0. The van der Waals surface area contributed by atoms with E-state index in [9.17, 15) is 0 Å². The van der Waals surface area contributed by atoms with Crippen molar-refractivity contribution in [3.8, 4) is 0 Å². The summed E-state index contributed by atoms with van der Waals surface area (Å²) in [5, 5.41) is 10.5. The van der Waals surface area contributed by atoms with Gasteiger partial charge in [-0.15, -0.1) is 0 Å². The molecule has 0 aromatic carbocycles. The molecule has 5 heteroatoms. The van der Waals surface area contributed by atoms with Crippen molar-refractivity contribution in [1.82, 2.24) is 0 Å². The van der Waals surface area contributed by atoms with Crippen LogP contribution in [0.4, 0.5) is 0 Å². The summed E-state index contributed by atoms with van der Waals surface area (Å²) >= 11 is 0. The second-order valence-corrected chi connectivity index (χ2v) is 2.90. The number of hydrogen-bond acceptors (Lipinski definition) is 0. The van der Waals surface area contributed by atoms with Gasteiger partial charge in [0.1, 0.15) is 0 Å². The van der Waals surface area contributed by atoms with Crippen molar-refractivity contribution < 1.29 is 22.4 Å². The third-order valence-corrected chi connectivity index (χ3v) is 0.707. The van der Waals surface area contributed by atoms with E-state index < -0.39 is 0 Å². The molecule has 16 heavy (non-hydrogen) atoms. The largest absolute Gasteiger partial charge is 5.00 e. The molecule has 0 heterocycles. The first-order valence-electron chi connectivity index (χ1n) is 4.74. The zero-order valence-electron chi connectivity index (χ0n) is 12.6. The molecule has 0 saturated heterocycles. The number of hydrogen-bond donors (Lipinski definition) is 0. The third kappa shape index (κ3) is 404. The zero-order valence-corrected chi connectivity index (χ0v) is 15.8. The van der Waals surface area contributed by atoms with E-state index in [-0.39, 0.29) is 28.5 Å². The van der Waals surface area contributed by atoms with Gasteiger partial charge in [-0.2, -0.15) is 62.6 Å². The predicted molar refractivity (Wildman–Crippen MR) is 75.8 cm³/mol. The van der Waals surface area contributed by atoms with Gasteiger partial charge in [-0.3, -0.25) is 0 Å². The maximum atomic E-state index is 3.50. The van der Waals surface area contributed by atoms with Crippen molar-refractivity contribution in [3.05, 3.63) is 28.0 Å². The minimum Gasteiger partial charge on any atom is -0.693 e. The Morgan fingerprint density at radius 2 is 0.812 bits per heavy atom. The van der Waals surface area contributed by atoms with Crippen molar-refractivity contribution in [2.75, 3.05) is 42.3 Å². The first-order chi connectivity index (χ1) is 6.51. The van der Waals surface area contributed by atoms with E-state index in [0.717, 1.165) is 0 Å². The van der Waals surface area contributed by atoms with Crippen LogP contribution in [0.1, 0.15) is 27.2 Å². The average molecular weight is 400 g/mol. The van der Waals surface area contributed by atoms with Crippen molar-refractivity contribution in [2.24, 2.45) is 0 Å². The van der Waals surface area contributed by atoms with Gasteiger partial charge in [-0.25, -0.2) is 0 Å². The molecule has 0 aliphatic rings.